The van der Waals surface area contributed by atoms with E-state index in [-0.39, 0.29) is 18.9 Å². The number of benzene rings is 1. The van der Waals surface area contributed by atoms with Crippen molar-refractivity contribution in [2.24, 2.45) is 5.73 Å². The van der Waals surface area contributed by atoms with Crippen molar-refractivity contribution < 1.29 is 17.9 Å². The van der Waals surface area contributed by atoms with Crippen LogP contribution in [0.2, 0.25) is 0 Å². The maximum absolute atomic E-state index is 12.3. The van der Waals surface area contributed by atoms with Crippen molar-refractivity contribution >= 4 is 0 Å². The van der Waals surface area contributed by atoms with Gasteiger partial charge < -0.3 is 10.5 Å². The minimum Gasteiger partial charge on any atom is -0.481 e. The van der Waals surface area contributed by atoms with E-state index in [9.17, 15) is 13.2 Å². The van der Waals surface area contributed by atoms with Crippen LogP contribution in [0, 0.1) is 11.8 Å². The van der Waals surface area contributed by atoms with Crippen LogP contribution in [0.1, 0.15) is 5.56 Å². The fourth-order valence-corrected chi connectivity index (χ4v) is 1.00. The topological polar surface area (TPSA) is 35.2 Å². The number of hydrogen-bond acceptors (Lipinski definition) is 2. The van der Waals surface area contributed by atoms with Gasteiger partial charge >= 0.3 is 6.18 Å². The molecule has 0 bridgehead atoms. The Morgan fingerprint density at radius 3 is 2.62 bits per heavy atom. The van der Waals surface area contributed by atoms with Gasteiger partial charge in [-0.25, -0.2) is 0 Å². The maximum Gasteiger partial charge on any atom is 0.416 e. The zero-order valence-electron chi connectivity index (χ0n) is 8.34. The lowest BCUT2D eigenvalue weighted by Crippen LogP contribution is -2.05. The van der Waals surface area contributed by atoms with Crippen LogP contribution in [0.5, 0.6) is 5.75 Å². The summed E-state index contributed by atoms with van der Waals surface area (Å²) in [5.41, 5.74) is 4.37. The van der Waals surface area contributed by atoms with E-state index in [1.54, 1.807) is 0 Å². The number of halogens is 3. The fourth-order valence-electron chi connectivity index (χ4n) is 1.00. The van der Waals surface area contributed by atoms with Crippen molar-refractivity contribution in [3.63, 3.8) is 0 Å². The number of hydrogen-bond donors (Lipinski definition) is 1. The molecule has 0 radical (unpaired) electrons. The molecule has 0 saturated carbocycles. The van der Waals surface area contributed by atoms with Crippen LogP contribution >= 0.6 is 0 Å². The van der Waals surface area contributed by atoms with Crippen LogP contribution in [0.4, 0.5) is 13.2 Å². The highest BCUT2D eigenvalue weighted by Crippen LogP contribution is 2.31. The molecule has 16 heavy (non-hydrogen) atoms. The highest BCUT2D eigenvalue weighted by molar-refractivity contribution is 5.30. The van der Waals surface area contributed by atoms with E-state index in [0.29, 0.717) is 0 Å². The molecule has 2 N–H and O–H groups in total. The second-order valence-electron chi connectivity index (χ2n) is 2.87. The summed E-state index contributed by atoms with van der Waals surface area (Å²) >= 11 is 0. The van der Waals surface area contributed by atoms with Gasteiger partial charge in [-0.05, 0) is 18.2 Å². The molecule has 0 fully saturated rings. The summed E-state index contributed by atoms with van der Waals surface area (Å²) < 4.78 is 41.9. The van der Waals surface area contributed by atoms with Gasteiger partial charge in [-0.2, -0.15) is 13.2 Å². The lowest BCUT2D eigenvalue weighted by atomic mass is 10.2. The van der Waals surface area contributed by atoms with Crippen molar-refractivity contribution in [1.82, 2.24) is 0 Å². The van der Waals surface area contributed by atoms with Crippen LogP contribution in [0.15, 0.2) is 24.3 Å². The molecule has 0 amide bonds. The number of rotatable bonds is 2. The van der Waals surface area contributed by atoms with Crippen LogP contribution in [-0.2, 0) is 6.18 Å². The van der Waals surface area contributed by atoms with E-state index in [0.717, 1.165) is 12.1 Å². The Hall–Kier alpha value is -1.67. The minimum atomic E-state index is -4.36. The molecule has 2 nitrogen and oxygen atoms in total. The second kappa shape index (κ2) is 5.42. The van der Waals surface area contributed by atoms with Crippen LogP contribution in [0.3, 0.4) is 0 Å². The first-order valence-corrected chi connectivity index (χ1v) is 4.50. The molecule has 1 aromatic rings. The van der Waals surface area contributed by atoms with Crippen molar-refractivity contribution in [2.45, 2.75) is 6.18 Å². The summed E-state index contributed by atoms with van der Waals surface area (Å²) in [6.45, 7) is 0.227. The third kappa shape index (κ3) is 3.83. The van der Waals surface area contributed by atoms with Gasteiger partial charge in [0.05, 0.1) is 12.1 Å². The molecule has 0 unspecified atom stereocenters. The minimum absolute atomic E-state index is 0.0263. The van der Waals surface area contributed by atoms with Gasteiger partial charge in [-0.1, -0.05) is 17.9 Å². The summed E-state index contributed by atoms with van der Waals surface area (Å²) in [5.74, 6) is 5.25. The molecular weight excluding hydrogens is 219 g/mol. The summed E-state index contributed by atoms with van der Waals surface area (Å²) in [6, 6.07) is 4.65. The predicted octanol–water partition coefficient (Wildman–Crippen LogP) is 2.05. The van der Waals surface area contributed by atoms with Gasteiger partial charge in [-0.3, -0.25) is 0 Å². The molecule has 86 valence electrons. The molecule has 0 aliphatic heterocycles. The molecule has 0 aliphatic rings. The molecule has 0 spiro atoms. The average Bonchev–Trinajstić information content (AvgIpc) is 2.24. The third-order valence-electron chi connectivity index (χ3n) is 1.70. The van der Waals surface area contributed by atoms with E-state index < -0.39 is 11.7 Å². The lowest BCUT2D eigenvalue weighted by Gasteiger charge is -2.08. The first-order valence-electron chi connectivity index (χ1n) is 4.50. The van der Waals surface area contributed by atoms with E-state index in [1.807, 2.05) is 0 Å². The lowest BCUT2D eigenvalue weighted by molar-refractivity contribution is -0.137. The Labute approximate surface area is 91.2 Å². The quantitative estimate of drug-likeness (QED) is 0.788. The number of ether oxygens (including phenoxy) is 1. The van der Waals surface area contributed by atoms with Crippen molar-refractivity contribution in [3.8, 4) is 17.6 Å². The van der Waals surface area contributed by atoms with E-state index in [2.05, 4.69) is 11.8 Å². The molecule has 5 heteroatoms. The molecule has 0 heterocycles. The van der Waals surface area contributed by atoms with Gasteiger partial charge in [0, 0.05) is 0 Å². The third-order valence-corrected chi connectivity index (χ3v) is 1.70. The summed E-state index contributed by atoms with van der Waals surface area (Å²) in [6.07, 6.45) is -4.36. The van der Waals surface area contributed by atoms with Gasteiger partial charge in [0.2, 0.25) is 0 Å². The largest absolute Gasteiger partial charge is 0.481 e. The zero-order chi connectivity index (χ0) is 12.0. The van der Waals surface area contributed by atoms with Crippen LogP contribution in [-0.4, -0.2) is 13.2 Å². The molecule has 0 aliphatic carbocycles. The molecule has 0 atom stereocenters. The second-order valence-corrected chi connectivity index (χ2v) is 2.87. The number of alkyl halides is 3. The maximum atomic E-state index is 12.3. The van der Waals surface area contributed by atoms with E-state index >= 15 is 0 Å². The molecule has 1 rings (SSSR count). The Morgan fingerprint density at radius 1 is 1.25 bits per heavy atom. The highest BCUT2D eigenvalue weighted by atomic mass is 19.4. The average molecular weight is 229 g/mol. The molecule has 0 saturated heterocycles. The standard InChI is InChI=1S/C11H10F3NO/c12-11(13,14)9-4-3-5-10(8-9)16-7-2-1-6-15/h3-5,8H,6-7,15H2. The van der Waals surface area contributed by atoms with Crippen LogP contribution < -0.4 is 10.5 Å². The molecule has 1 aromatic carbocycles. The van der Waals surface area contributed by atoms with Gasteiger partial charge in [0.15, 0.2) is 0 Å². The van der Waals surface area contributed by atoms with Gasteiger partial charge in [0.1, 0.15) is 12.4 Å². The van der Waals surface area contributed by atoms with Crippen molar-refractivity contribution in [3.05, 3.63) is 29.8 Å². The predicted molar refractivity (Wildman–Crippen MR) is 53.8 cm³/mol. The van der Waals surface area contributed by atoms with Gasteiger partial charge in [-0.15, -0.1) is 0 Å². The fraction of sp³-hybridized carbons (Fsp3) is 0.273. The monoisotopic (exact) mass is 229 g/mol. The highest BCUT2D eigenvalue weighted by Gasteiger charge is 2.30. The summed E-state index contributed by atoms with van der Waals surface area (Å²) in [4.78, 5) is 0. The first-order chi connectivity index (χ1) is 7.54. The van der Waals surface area contributed by atoms with Gasteiger partial charge in [0.25, 0.3) is 0 Å². The van der Waals surface area contributed by atoms with E-state index in [1.165, 1.54) is 12.1 Å². The van der Waals surface area contributed by atoms with Crippen LogP contribution in [0.25, 0.3) is 0 Å². The summed E-state index contributed by atoms with van der Waals surface area (Å²) in [5, 5.41) is 0. The number of nitrogens with two attached hydrogens (primary N) is 1. The Morgan fingerprint density at radius 2 is 2.00 bits per heavy atom. The molecular formula is C11H10F3NO. The zero-order valence-corrected chi connectivity index (χ0v) is 8.34. The SMILES string of the molecule is NCC#CCOc1cccc(C(F)(F)F)c1. The first kappa shape index (κ1) is 12.4. The Bertz CT molecular complexity index is 404. The summed E-state index contributed by atoms with van der Waals surface area (Å²) in [7, 11) is 0. The van der Waals surface area contributed by atoms with E-state index in [4.69, 9.17) is 10.5 Å². The normalized spacial score (nSPS) is 10.5. The molecule has 0 aromatic heterocycles. The Balaban J connectivity index is 2.68. The smallest absolute Gasteiger partial charge is 0.416 e. The Kier molecular flexibility index (Phi) is 4.20. The van der Waals surface area contributed by atoms with Crippen molar-refractivity contribution in [1.29, 1.82) is 0 Å². The van der Waals surface area contributed by atoms with Crippen molar-refractivity contribution in [2.75, 3.05) is 13.2 Å².